The van der Waals surface area contributed by atoms with Gasteiger partial charge in [0, 0.05) is 6.42 Å². The summed E-state index contributed by atoms with van der Waals surface area (Å²) in [7, 11) is -4.21. The Labute approximate surface area is 251 Å². The number of fused-ring (bicyclic) bond motifs is 5. The Morgan fingerprint density at radius 3 is 2.33 bits per heavy atom. The quantitative estimate of drug-likeness (QED) is 0.320. The molecule has 9 atom stereocenters. The van der Waals surface area contributed by atoms with Gasteiger partial charge in [0.25, 0.3) is 10.0 Å². The fourth-order valence-corrected chi connectivity index (χ4v) is 11.9. The summed E-state index contributed by atoms with van der Waals surface area (Å²) in [4.78, 5) is 12.2. The number of halogens is 3. The lowest BCUT2D eigenvalue weighted by atomic mass is 9.42. The van der Waals surface area contributed by atoms with Crippen molar-refractivity contribution in [2.45, 2.75) is 122 Å². The van der Waals surface area contributed by atoms with Crippen LogP contribution in [0.25, 0.3) is 0 Å². The van der Waals surface area contributed by atoms with Crippen LogP contribution in [-0.4, -0.2) is 14.3 Å². The van der Waals surface area contributed by atoms with Crippen LogP contribution in [0.2, 0.25) is 0 Å². The minimum atomic E-state index is -4.55. The van der Waals surface area contributed by atoms with Gasteiger partial charge in [0.1, 0.15) is 0 Å². The second-order valence-corrected chi connectivity index (χ2v) is 16.5. The molecule has 0 spiro atoms. The van der Waals surface area contributed by atoms with E-state index in [1.165, 1.54) is 64.2 Å². The standard InChI is InChI=1S/C34H50F3NO3S/c1-5-23-21-26-29-17-16-27(33(29,4)20-18-30(26)32(3)19-7-6-10-28(23)32)22(2)9-8-11-31(39)38-42(40,41)25-14-12-24(13-15-25)34(35,36)37/h12-15,22-23,26-30H,5-11,16-21H2,1-4H3,(H,38,39)/t22-,23+,26?,27-,28+,29?,30?,32+,33-/m1/s1. The van der Waals surface area contributed by atoms with Crippen molar-refractivity contribution < 1.29 is 26.4 Å². The van der Waals surface area contributed by atoms with Crippen molar-refractivity contribution in [3.63, 3.8) is 0 Å². The maximum atomic E-state index is 12.8. The van der Waals surface area contributed by atoms with Crippen molar-refractivity contribution >= 4 is 15.9 Å². The lowest BCUT2D eigenvalue weighted by molar-refractivity contribution is -0.138. The molecule has 8 heteroatoms. The zero-order valence-electron chi connectivity index (χ0n) is 25.8. The number of alkyl halides is 3. The van der Waals surface area contributed by atoms with Crippen LogP contribution in [0.4, 0.5) is 13.2 Å². The molecule has 4 fully saturated rings. The summed E-state index contributed by atoms with van der Waals surface area (Å²) < 4.78 is 65.6. The van der Waals surface area contributed by atoms with E-state index in [9.17, 15) is 26.4 Å². The number of hydrogen-bond acceptors (Lipinski definition) is 3. The van der Waals surface area contributed by atoms with E-state index < -0.39 is 27.7 Å². The molecule has 4 aliphatic carbocycles. The van der Waals surface area contributed by atoms with E-state index in [0.29, 0.717) is 41.2 Å². The Hall–Kier alpha value is -1.57. The number of carbonyl (C=O) groups excluding carboxylic acids is 1. The maximum absolute atomic E-state index is 12.8. The zero-order valence-corrected chi connectivity index (χ0v) is 26.6. The molecular formula is C34H50F3NO3S. The van der Waals surface area contributed by atoms with Crippen molar-refractivity contribution in [2.24, 2.45) is 52.3 Å². The Balaban J connectivity index is 1.17. The van der Waals surface area contributed by atoms with Gasteiger partial charge in [-0.25, -0.2) is 13.1 Å². The van der Waals surface area contributed by atoms with Gasteiger partial charge in [-0.1, -0.05) is 47.0 Å². The van der Waals surface area contributed by atoms with Gasteiger partial charge in [-0.05, 0) is 134 Å². The van der Waals surface area contributed by atoms with E-state index in [1.54, 1.807) is 0 Å². The van der Waals surface area contributed by atoms with Crippen LogP contribution in [0.5, 0.6) is 0 Å². The molecule has 3 unspecified atom stereocenters. The van der Waals surface area contributed by atoms with Crippen molar-refractivity contribution in [3.8, 4) is 0 Å². The molecule has 1 amide bonds. The summed E-state index contributed by atoms with van der Waals surface area (Å²) in [6.07, 6.45) is 10.6. The third-order valence-electron chi connectivity index (χ3n) is 12.8. The van der Waals surface area contributed by atoms with Gasteiger partial charge in [0.05, 0.1) is 10.5 Å². The average Bonchev–Trinajstić information content (AvgIpc) is 3.29. The van der Waals surface area contributed by atoms with E-state index in [0.717, 1.165) is 48.1 Å². The third-order valence-corrected chi connectivity index (χ3v) is 14.2. The number of amides is 1. The van der Waals surface area contributed by atoms with Gasteiger partial charge in [-0.15, -0.1) is 0 Å². The molecule has 5 rings (SSSR count). The Bertz CT molecular complexity index is 1230. The number of hydrogen-bond donors (Lipinski definition) is 1. The van der Waals surface area contributed by atoms with Gasteiger partial charge in [-0.3, -0.25) is 4.79 Å². The molecule has 236 valence electrons. The molecule has 0 heterocycles. The fraction of sp³-hybridized carbons (Fsp3) is 0.794. The van der Waals surface area contributed by atoms with E-state index in [1.807, 2.05) is 4.72 Å². The summed E-state index contributed by atoms with van der Waals surface area (Å²) in [6.45, 7) is 9.93. The van der Waals surface area contributed by atoms with Crippen molar-refractivity contribution in [2.75, 3.05) is 0 Å². The summed E-state index contributed by atoms with van der Waals surface area (Å²) in [5.74, 6) is 4.74. The molecule has 4 nitrogen and oxygen atoms in total. The first-order valence-corrected chi connectivity index (χ1v) is 17.9. The van der Waals surface area contributed by atoms with Gasteiger partial charge >= 0.3 is 6.18 Å². The number of sulfonamides is 1. The highest BCUT2D eigenvalue weighted by atomic mass is 32.2. The average molecular weight is 610 g/mol. The smallest absolute Gasteiger partial charge is 0.274 e. The third kappa shape index (κ3) is 5.79. The van der Waals surface area contributed by atoms with Gasteiger partial charge in [0.15, 0.2) is 0 Å². The minimum absolute atomic E-state index is 0.0830. The molecule has 0 radical (unpaired) electrons. The van der Waals surface area contributed by atoms with Crippen molar-refractivity contribution in [1.82, 2.24) is 4.72 Å². The lowest BCUT2D eigenvalue weighted by Gasteiger charge is -2.63. The van der Waals surface area contributed by atoms with E-state index in [4.69, 9.17) is 0 Å². The van der Waals surface area contributed by atoms with E-state index >= 15 is 0 Å². The molecule has 1 N–H and O–H groups in total. The summed E-state index contributed by atoms with van der Waals surface area (Å²) >= 11 is 0. The molecule has 42 heavy (non-hydrogen) atoms. The first-order chi connectivity index (χ1) is 19.7. The van der Waals surface area contributed by atoms with Crippen LogP contribution < -0.4 is 4.72 Å². The minimum Gasteiger partial charge on any atom is -0.274 e. The SMILES string of the molecule is CC[C@H]1CC2C3CC[C@H]([C@H](C)CCCC(=O)NS(=O)(=O)c4ccc(C(F)(F)F)cc4)[C@@]3(C)CCC2[C@@]2(C)CCCC[C@@H]12. The Morgan fingerprint density at radius 1 is 0.976 bits per heavy atom. The van der Waals surface area contributed by atoms with Crippen molar-refractivity contribution in [1.29, 1.82) is 0 Å². The maximum Gasteiger partial charge on any atom is 0.416 e. The largest absolute Gasteiger partial charge is 0.416 e. The molecule has 1 aromatic carbocycles. The highest BCUT2D eigenvalue weighted by Gasteiger charge is 2.61. The highest BCUT2D eigenvalue weighted by molar-refractivity contribution is 7.90. The molecule has 0 saturated heterocycles. The number of nitrogens with one attached hydrogen (secondary N) is 1. The number of carbonyl (C=O) groups is 1. The predicted molar refractivity (Wildman–Crippen MR) is 159 cm³/mol. The highest BCUT2D eigenvalue weighted by Crippen LogP contribution is 2.69. The lowest BCUT2D eigenvalue weighted by Crippen LogP contribution is -2.55. The number of benzene rings is 1. The molecule has 1 aromatic rings. The summed E-state index contributed by atoms with van der Waals surface area (Å²) in [5, 5.41) is 0. The second kappa shape index (κ2) is 11.7. The zero-order chi connectivity index (χ0) is 30.5. The Kier molecular flexibility index (Phi) is 8.90. The normalized spacial score (nSPS) is 37.3. The van der Waals surface area contributed by atoms with E-state index in [2.05, 4.69) is 27.7 Å². The van der Waals surface area contributed by atoms with Crippen LogP contribution in [0.3, 0.4) is 0 Å². The van der Waals surface area contributed by atoms with Gasteiger partial charge in [0.2, 0.25) is 5.91 Å². The van der Waals surface area contributed by atoms with Crippen LogP contribution in [-0.2, 0) is 21.0 Å². The van der Waals surface area contributed by atoms with Crippen LogP contribution in [0.1, 0.15) is 117 Å². The molecule has 0 aromatic heterocycles. The fourth-order valence-electron chi connectivity index (χ4n) is 10.9. The molecule has 0 bridgehead atoms. The second-order valence-electron chi connectivity index (χ2n) is 14.8. The molecular weight excluding hydrogens is 559 g/mol. The van der Waals surface area contributed by atoms with Gasteiger partial charge < -0.3 is 0 Å². The van der Waals surface area contributed by atoms with Crippen LogP contribution in [0.15, 0.2) is 29.2 Å². The summed E-state index contributed by atoms with van der Waals surface area (Å²) in [5.41, 5.74) is -0.0783. The molecule has 4 aliphatic rings. The number of rotatable bonds is 8. The summed E-state index contributed by atoms with van der Waals surface area (Å²) in [6, 6.07) is 3.20. The first-order valence-electron chi connectivity index (χ1n) is 16.4. The van der Waals surface area contributed by atoms with Crippen molar-refractivity contribution in [3.05, 3.63) is 29.8 Å². The van der Waals surface area contributed by atoms with Crippen LogP contribution >= 0.6 is 0 Å². The van der Waals surface area contributed by atoms with E-state index in [-0.39, 0.29) is 11.3 Å². The molecule has 4 saturated carbocycles. The topological polar surface area (TPSA) is 63.2 Å². The first kappa shape index (κ1) is 31.8. The molecule has 0 aliphatic heterocycles. The van der Waals surface area contributed by atoms with Gasteiger partial charge in [-0.2, -0.15) is 13.2 Å². The Morgan fingerprint density at radius 2 is 1.67 bits per heavy atom. The monoisotopic (exact) mass is 609 g/mol. The van der Waals surface area contributed by atoms with Crippen LogP contribution in [0, 0.1) is 52.3 Å². The predicted octanol–water partition coefficient (Wildman–Crippen LogP) is 9.00.